The topological polar surface area (TPSA) is 39.9 Å². The zero-order valence-corrected chi connectivity index (χ0v) is 11.0. The van der Waals surface area contributed by atoms with Gasteiger partial charge >= 0.3 is 0 Å². The number of rotatable bonds is 7. The summed E-state index contributed by atoms with van der Waals surface area (Å²) in [5.74, 6) is 1.08. The van der Waals surface area contributed by atoms with Crippen molar-refractivity contribution in [1.82, 2.24) is 15.0 Å². The van der Waals surface area contributed by atoms with Crippen molar-refractivity contribution in [2.24, 2.45) is 5.92 Å². The van der Waals surface area contributed by atoms with E-state index < -0.39 is 0 Å². The van der Waals surface area contributed by atoms with Crippen molar-refractivity contribution in [1.29, 1.82) is 0 Å². The molecule has 0 aliphatic heterocycles. The standard InChI is InChI=1S/C11H20ClN3O/c1-9(2)4-6-15-11(5-7-16-3)10(8-12)13-14-15/h9H,4-8H2,1-3H3. The van der Waals surface area contributed by atoms with Gasteiger partial charge < -0.3 is 4.74 Å². The first-order chi connectivity index (χ1) is 7.69. The predicted molar refractivity (Wildman–Crippen MR) is 64.6 cm³/mol. The Bertz CT molecular complexity index is 312. The van der Waals surface area contributed by atoms with Crippen molar-refractivity contribution in [2.45, 2.75) is 39.1 Å². The molecular formula is C11H20ClN3O. The Balaban J connectivity index is 2.70. The van der Waals surface area contributed by atoms with Crippen LogP contribution in [0.1, 0.15) is 31.7 Å². The van der Waals surface area contributed by atoms with Gasteiger partial charge in [-0.05, 0) is 12.3 Å². The quantitative estimate of drug-likeness (QED) is 0.692. The molecule has 1 rings (SSSR count). The summed E-state index contributed by atoms with van der Waals surface area (Å²) in [6, 6.07) is 0. The highest BCUT2D eigenvalue weighted by molar-refractivity contribution is 6.16. The molecule has 0 aliphatic rings. The molecule has 0 atom stereocenters. The molecule has 0 spiro atoms. The van der Waals surface area contributed by atoms with Crippen molar-refractivity contribution >= 4 is 11.6 Å². The van der Waals surface area contributed by atoms with Crippen LogP contribution in [0.5, 0.6) is 0 Å². The van der Waals surface area contributed by atoms with Crippen molar-refractivity contribution in [3.8, 4) is 0 Å². The molecule has 16 heavy (non-hydrogen) atoms. The van der Waals surface area contributed by atoms with Crippen LogP contribution in [0, 0.1) is 5.92 Å². The number of halogens is 1. The minimum absolute atomic E-state index is 0.417. The molecule has 1 aromatic rings. The average molecular weight is 246 g/mol. The smallest absolute Gasteiger partial charge is 0.101 e. The van der Waals surface area contributed by atoms with E-state index in [4.69, 9.17) is 16.3 Å². The monoisotopic (exact) mass is 245 g/mol. The lowest BCUT2D eigenvalue weighted by Gasteiger charge is -2.08. The summed E-state index contributed by atoms with van der Waals surface area (Å²) in [5.41, 5.74) is 1.99. The highest BCUT2D eigenvalue weighted by Crippen LogP contribution is 2.11. The molecule has 1 aromatic heterocycles. The fourth-order valence-corrected chi connectivity index (χ4v) is 1.71. The molecule has 92 valence electrons. The number of nitrogens with zero attached hydrogens (tertiary/aromatic N) is 3. The van der Waals surface area contributed by atoms with Gasteiger partial charge in [-0.1, -0.05) is 19.1 Å². The third-order valence-corrected chi connectivity index (χ3v) is 2.76. The van der Waals surface area contributed by atoms with Crippen LogP contribution in [0.2, 0.25) is 0 Å². The van der Waals surface area contributed by atoms with Gasteiger partial charge in [-0.2, -0.15) is 0 Å². The summed E-state index contributed by atoms with van der Waals surface area (Å²) < 4.78 is 7.04. The SMILES string of the molecule is COCCc1c(CCl)nnn1CCC(C)C. The number of aromatic nitrogens is 3. The van der Waals surface area contributed by atoms with E-state index in [1.165, 1.54) is 0 Å². The second kappa shape index (κ2) is 6.86. The Labute approximate surface area is 102 Å². The van der Waals surface area contributed by atoms with Gasteiger partial charge in [0, 0.05) is 20.1 Å². The summed E-state index contributed by atoms with van der Waals surface area (Å²) >= 11 is 5.83. The number of alkyl halides is 1. The number of hydrogen-bond donors (Lipinski definition) is 0. The van der Waals surface area contributed by atoms with E-state index in [2.05, 4.69) is 24.2 Å². The zero-order chi connectivity index (χ0) is 12.0. The largest absolute Gasteiger partial charge is 0.384 e. The lowest BCUT2D eigenvalue weighted by molar-refractivity contribution is 0.199. The molecule has 5 heteroatoms. The van der Waals surface area contributed by atoms with Crippen LogP contribution in [-0.4, -0.2) is 28.7 Å². The molecule has 0 saturated heterocycles. The van der Waals surface area contributed by atoms with Gasteiger partial charge in [-0.15, -0.1) is 16.7 Å². The van der Waals surface area contributed by atoms with Gasteiger partial charge in [0.05, 0.1) is 18.2 Å². The number of ether oxygens (including phenoxy) is 1. The Kier molecular flexibility index (Phi) is 5.77. The highest BCUT2D eigenvalue weighted by Gasteiger charge is 2.11. The number of aryl methyl sites for hydroxylation is 1. The number of methoxy groups -OCH3 is 1. The Morgan fingerprint density at radius 2 is 2.19 bits per heavy atom. The van der Waals surface area contributed by atoms with E-state index in [-0.39, 0.29) is 0 Å². The second-order valence-corrected chi connectivity index (χ2v) is 4.53. The maximum absolute atomic E-state index is 5.83. The Morgan fingerprint density at radius 1 is 1.44 bits per heavy atom. The summed E-state index contributed by atoms with van der Waals surface area (Å²) in [5, 5.41) is 8.23. The summed E-state index contributed by atoms with van der Waals surface area (Å²) in [6.07, 6.45) is 1.93. The van der Waals surface area contributed by atoms with E-state index >= 15 is 0 Å². The fraction of sp³-hybridized carbons (Fsp3) is 0.818. The first kappa shape index (κ1) is 13.5. The van der Waals surface area contributed by atoms with Crippen molar-refractivity contribution in [3.63, 3.8) is 0 Å². The highest BCUT2D eigenvalue weighted by atomic mass is 35.5. The lowest BCUT2D eigenvalue weighted by Crippen LogP contribution is -2.10. The van der Waals surface area contributed by atoms with Gasteiger partial charge in [0.2, 0.25) is 0 Å². The molecule has 0 amide bonds. The van der Waals surface area contributed by atoms with Crippen LogP contribution >= 0.6 is 11.6 Å². The van der Waals surface area contributed by atoms with Gasteiger partial charge in [-0.25, -0.2) is 4.68 Å². The normalized spacial score (nSPS) is 11.3. The maximum atomic E-state index is 5.83. The lowest BCUT2D eigenvalue weighted by atomic mass is 10.1. The second-order valence-electron chi connectivity index (χ2n) is 4.26. The van der Waals surface area contributed by atoms with Crippen molar-refractivity contribution < 1.29 is 4.74 Å². The molecule has 0 N–H and O–H groups in total. The van der Waals surface area contributed by atoms with Crippen LogP contribution in [0.4, 0.5) is 0 Å². The minimum Gasteiger partial charge on any atom is -0.384 e. The van der Waals surface area contributed by atoms with E-state index in [0.29, 0.717) is 18.4 Å². The van der Waals surface area contributed by atoms with E-state index in [0.717, 1.165) is 30.8 Å². The molecular weight excluding hydrogens is 226 g/mol. The summed E-state index contributed by atoms with van der Waals surface area (Å²) in [6.45, 7) is 5.99. The summed E-state index contributed by atoms with van der Waals surface area (Å²) in [7, 11) is 1.70. The maximum Gasteiger partial charge on any atom is 0.101 e. The van der Waals surface area contributed by atoms with Crippen molar-refractivity contribution in [3.05, 3.63) is 11.4 Å². The van der Waals surface area contributed by atoms with Crippen LogP contribution in [0.15, 0.2) is 0 Å². The van der Waals surface area contributed by atoms with Crippen LogP contribution in [0.25, 0.3) is 0 Å². The predicted octanol–water partition coefficient (Wildman–Crippen LogP) is 2.25. The third-order valence-electron chi connectivity index (χ3n) is 2.51. The molecule has 0 aromatic carbocycles. The molecule has 0 fully saturated rings. The van der Waals surface area contributed by atoms with E-state index in [1.54, 1.807) is 7.11 Å². The van der Waals surface area contributed by atoms with Crippen LogP contribution < -0.4 is 0 Å². The van der Waals surface area contributed by atoms with Crippen LogP contribution in [0.3, 0.4) is 0 Å². The fourth-order valence-electron chi connectivity index (χ4n) is 1.50. The van der Waals surface area contributed by atoms with Crippen LogP contribution in [-0.2, 0) is 23.6 Å². The molecule has 0 bridgehead atoms. The van der Waals surface area contributed by atoms with Gasteiger partial charge in [0.15, 0.2) is 0 Å². The van der Waals surface area contributed by atoms with Gasteiger partial charge in [-0.3, -0.25) is 0 Å². The molecule has 1 heterocycles. The Morgan fingerprint density at radius 3 is 2.75 bits per heavy atom. The van der Waals surface area contributed by atoms with E-state index in [9.17, 15) is 0 Å². The van der Waals surface area contributed by atoms with E-state index in [1.807, 2.05) is 4.68 Å². The first-order valence-electron chi connectivity index (χ1n) is 5.65. The minimum atomic E-state index is 0.417. The molecule has 0 radical (unpaired) electrons. The molecule has 0 unspecified atom stereocenters. The molecule has 0 saturated carbocycles. The Hall–Kier alpha value is -0.610. The molecule has 4 nitrogen and oxygen atoms in total. The third kappa shape index (κ3) is 3.76. The first-order valence-corrected chi connectivity index (χ1v) is 6.18. The van der Waals surface area contributed by atoms with Gasteiger partial charge in [0.25, 0.3) is 0 Å². The molecule has 0 aliphatic carbocycles. The van der Waals surface area contributed by atoms with Crippen molar-refractivity contribution in [2.75, 3.05) is 13.7 Å². The number of hydrogen-bond acceptors (Lipinski definition) is 3. The van der Waals surface area contributed by atoms with Gasteiger partial charge in [0.1, 0.15) is 5.69 Å². The zero-order valence-electron chi connectivity index (χ0n) is 10.2. The average Bonchev–Trinajstić information content (AvgIpc) is 2.65. The summed E-state index contributed by atoms with van der Waals surface area (Å²) in [4.78, 5) is 0.